The Kier molecular flexibility index (Phi) is 6.06. The van der Waals surface area contributed by atoms with Gasteiger partial charge in [-0.1, -0.05) is 6.92 Å². The number of nitro groups is 1. The predicted octanol–water partition coefficient (Wildman–Crippen LogP) is 0.996. The Balaban J connectivity index is 3.33. The molecule has 9 heteroatoms. The lowest BCUT2D eigenvalue weighted by atomic mass is 10.3. The van der Waals surface area contributed by atoms with Crippen molar-refractivity contribution >= 4 is 15.7 Å². The first-order valence-electron chi connectivity index (χ1n) is 6.31. The Morgan fingerprint density at radius 2 is 2.10 bits per heavy atom. The second kappa shape index (κ2) is 7.34. The summed E-state index contributed by atoms with van der Waals surface area (Å²) in [6.45, 7) is 1.83. The summed E-state index contributed by atoms with van der Waals surface area (Å²) < 4.78 is 31.3. The van der Waals surface area contributed by atoms with Gasteiger partial charge < -0.3 is 9.84 Å². The van der Waals surface area contributed by atoms with Crippen LogP contribution in [0.4, 0.5) is 5.69 Å². The molecule has 0 saturated carbocycles. The van der Waals surface area contributed by atoms with E-state index in [9.17, 15) is 18.5 Å². The molecule has 0 atom stereocenters. The molecule has 1 N–H and O–H groups in total. The molecule has 0 saturated heterocycles. The summed E-state index contributed by atoms with van der Waals surface area (Å²) in [6, 6.07) is 3.42. The molecule has 1 aromatic carbocycles. The number of aliphatic hydroxyl groups excluding tert-OH is 1. The average molecular weight is 318 g/mol. The fourth-order valence-corrected chi connectivity index (χ4v) is 3.48. The van der Waals surface area contributed by atoms with Crippen LogP contribution in [0.3, 0.4) is 0 Å². The molecule has 0 amide bonds. The highest BCUT2D eigenvalue weighted by molar-refractivity contribution is 7.89. The Hall–Kier alpha value is -1.71. The summed E-state index contributed by atoms with van der Waals surface area (Å²) in [5.74, 6) is 0.0445. The SMILES string of the molecule is CCN(CCCO)S(=O)(=O)c1cc([N+](=O)[O-])ccc1OC. The maximum Gasteiger partial charge on any atom is 0.271 e. The molecule has 0 fully saturated rings. The van der Waals surface area contributed by atoms with E-state index in [4.69, 9.17) is 9.84 Å². The minimum absolute atomic E-state index is 0.0445. The number of benzene rings is 1. The van der Waals surface area contributed by atoms with Gasteiger partial charge in [0.1, 0.15) is 10.6 Å². The Morgan fingerprint density at radius 1 is 1.43 bits per heavy atom. The Bertz CT molecular complexity index is 602. The molecule has 0 bridgehead atoms. The number of ether oxygens (including phenoxy) is 1. The first-order chi connectivity index (χ1) is 9.88. The molecular formula is C12H18N2O6S. The molecule has 1 rings (SSSR count). The van der Waals surface area contributed by atoms with E-state index in [1.165, 1.54) is 19.2 Å². The molecule has 0 aliphatic rings. The van der Waals surface area contributed by atoms with Crippen LogP contribution in [-0.4, -0.2) is 49.6 Å². The van der Waals surface area contributed by atoms with Crippen molar-refractivity contribution in [3.8, 4) is 5.75 Å². The number of non-ortho nitro benzene ring substituents is 1. The van der Waals surface area contributed by atoms with E-state index in [-0.39, 0.29) is 42.4 Å². The van der Waals surface area contributed by atoms with Crippen molar-refractivity contribution in [3.63, 3.8) is 0 Å². The summed E-state index contributed by atoms with van der Waals surface area (Å²) in [6.07, 6.45) is 0.282. The molecule has 0 aliphatic carbocycles. The summed E-state index contributed by atoms with van der Waals surface area (Å²) in [7, 11) is -2.63. The van der Waals surface area contributed by atoms with E-state index < -0.39 is 14.9 Å². The summed E-state index contributed by atoms with van der Waals surface area (Å²) in [4.78, 5) is 9.90. The largest absolute Gasteiger partial charge is 0.495 e. The van der Waals surface area contributed by atoms with Crippen molar-refractivity contribution in [1.29, 1.82) is 0 Å². The van der Waals surface area contributed by atoms with Crippen molar-refractivity contribution < 1.29 is 23.2 Å². The zero-order valence-electron chi connectivity index (χ0n) is 11.9. The number of nitrogens with zero attached hydrogens (tertiary/aromatic N) is 2. The molecule has 1 aromatic rings. The Labute approximate surface area is 123 Å². The lowest BCUT2D eigenvalue weighted by Crippen LogP contribution is -2.32. The van der Waals surface area contributed by atoms with Gasteiger partial charge in [-0.3, -0.25) is 10.1 Å². The average Bonchev–Trinajstić information content (AvgIpc) is 2.47. The number of aliphatic hydroxyl groups is 1. The molecular weight excluding hydrogens is 300 g/mol. The maximum absolute atomic E-state index is 12.6. The topological polar surface area (TPSA) is 110 Å². The van der Waals surface area contributed by atoms with Crippen molar-refractivity contribution in [1.82, 2.24) is 4.31 Å². The molecule has 8 nitrogen and oxygen atoms in total. The zero-order chi connectivity index (χ0) is 16.0. The zero-order valence-corrected chi connectivity index (χ0v) is 12.7. The van der Waals surface area contributed by atoms with Crippen LogP contribution in [0.25, 0.3) is 0 Å². The maximum atomic E-state index is 12.6. The minimum atomic E-state index is -3.93. The van der Waals surface area contributed by atoms with Crippen molar-refractivity contribution in [3.05, 3.63) is 28.3 Å². The smallest absolute Gasteiger partial charge is 0.271 e. The molecule has 0 spiro atoms. The number of methoxy groups -OCH3 is 1. The molecule has 0 radical (unpaired) electrons. The summed E-state index contributed by atoms with van der Waals surface area (Å²) in [5, 5.41) is 19.6. The van der Waals surface area contributed by atoms with Crippen LogP contribution in [0.5, 0.6) is 5.75 Å². The lowest BCUT2D eigenvalue weighted by Gasteiger charge is -2.21. The summed E-state index contributed by atoms with van der Waals surface area (Å²) >= 11 is 0. The highest BCUT2D eigenvalue weighted by Crippen LogP contribution is 2.30. The number of hydrogen-bond acceptors (Lipinski definition) is 6. The third kappa shape index (κ3) is 3.90. The monoisotopic (exact) mass is 318 g/mol. The van der Waals surface area contributed by atoms with Gasteiger partial charge >= 0.3 is 0 Å². The van der Waals surface area contributed by atoms with Crippen LogP contribution in [0.15, 0.2) is 23.1 Å². The van der Waals surface area contributed by atoms with Gasteiger partial charge in [-0.2, -0.15) is 4.31 Å². The van der Waals surface area contributed by atoms with E-state index in [0.717, 1.165) is 10.4 Å². The van der Waals surface area contributed by atoms with Gasteiger partial charge in [-0.15, -0.1) is 0 Å². The second-order valence-electron chi connectivity index (χ2n) is 4.17. The highest BCUT2D eigenvalue weighted by Gasteiger charge is 2.28. The van der Waals surface area contributed by atoms with E-state index in [2.05, 4.69) is 0 Å². The molecule has 0 aromatic heterocycles. The lowest BCUT2D eigenvalue weighted by molar-refractivity contribution is -0.385. The van der Waals surface area contributed by atoms with Gasteiger partial charge in [0.05, 0.1) is 12.0 Å². The fourth-order valence-electron chi connectivity index (χ4n) is 1.81. The van der Waals surface area contributed by atoms with Gasteiger partial charge in [-0.05, 0) is 12.5 Å². The van der Waals surface area contributed by atoms with Crippen LogP contribution in [0.2, 0.25) is 0 Å². The first-order valence-corrected chi connectivity index (χ1v) is 7.76. The molecule has 0 heterocycles. The van der Waals surface area contributed by atoms with Crippen LogP contribution in [0, 0.1) is 10.1 Å². The highest BCUT2D eigenvalue weighted by atomic mass is 32.2. The van der Waals surface area contributed by atoms with Gasteiger partial charge in [0.2, 0.25) is 10.0 Å². The van der Waals surface area contributed by atoms with Gasteiger partial charge in [0.25, 0.3) is 5.69 Å². The standard InChI is InChI=1S/C12H18N2O6S/c1-3-13(7-4-8-15)21(18,19)12-9-10(14(16)17)5-6-11(12)20-2/h5-6,9,15H,3-4,7-8H2,1-2H3. The number of sulfonamides is 1. The first kappa shape index (κ1) is 17.3. The van der Waals surface area contributed by atoms with E-state index in [1.54, 1.807) is 6.92 Å². The minimum Gasteiger partial charge on any atom is -0.495 e. The van der Waals surface area contributed by atoms with Crippen molar-refractivity contribution in [2.45, 2.75) is 18.2 Å². The quantitative estimate of drug-likeness (QED) is 0.565. The van der Waals surface area contributed by atoms with E-state index in [0.29, 0.717) is 0 Å². The van der Waals surface area contributed by atoms with Crippen LogP contribution in [0.1, 0.15) is 13.3 Å². The van der Waals surface area contributed by atoms with Gasteiger partial charge in [0, 0.05) is 31.8 Å². The molecule has 0 aliphatic heterocycles. The van der Waals surface area contributed by atoms with Crippen LogP contribution in [-0.2, 0) is 10.0 Å². The predicted molar refractivity (Wildman–Crippen MR) is 75.8 cm³/mol. The number of rotatable bonds is 8. The summed E-state index contributed by atoms with van der Waals surface area (Å²) in [5.41, 5.74) is -0.326. The van der Waals surface area contributed by atoms with Crippen LogP contribution < -0.4 is 4.74 Å². The third-order valence-corrected chi connectivity index (χ3v) is 4.89. The fraction of sp³-hybridized carbons (Fsp3) is 0.500. The normalized spacial score (nSPS) is 11.6. The number of nitro benzene ring substituents is 1. The van der Waals surface area contributed by atoms with Crippen molar-refractivity contribution in [2.75, 3.05) is 26.8 Å². The second-order valence-corrected chi connectivity index (χ2v) is 6.07. The molecule has 118 valence electrons. The van der Waals surface area contributed by atoms with Gasteiger partial charge in [-0.25, -0.2) is 8.42 Å². The van der Waals surface area contributed by atoms with E-state index in [1.807, 2.05) is 0 Å². The third-order valence-electron chi connectivity index (χ3n) is 2.89. The van der Waals surface area contributed by atoms with Crippen LogP contribution >= 0.6 is 0 Å². The number of hydrogen-bond donors (Lipinski definition) is 1. The van der Waals surface area contributed by atoms with Crippen molar-refractivity contribution in [2.24, 2.45) is 0 Å². The van der Waals surface area contributed by atoms with Gasteiger partial charge in [0.15, 0.2) is 0 Å². The molecule has 21 heavy (non-hydrogen) atoms. The molecule has 0 unspecified atom stereocenters. The Morgan fingerprint density at radius 3 is 2.57 bits per heavy atom. The van der Waals surface area contributed by atoms with E-state index >= 15 is 0 Å².